The Labute approximate surface area is 138 Å². The Morgan fingerprint density at radius 1 is 1.04 bits per heavy atom. The fraction of sp³-hybridized carbons (Fsp3) is 0.450. The van der Waals surface area contributed by atoms with E-state index in [9.17, 15) is 4.79 Å². The number of carbonyl (C=O) groups is 1. The maximum atomic E-state index is 12.6. The van der Waals surface area contributed by atoms with E-state index in [1.54, 1.807) is 0 Å². The molecule has 0 aliphatic carbocycles. The van der Waals surface area contributed by atoms with Gasteiger partial charge < -0.3 is 9.88 Å². The summed E-state index contributed by atoms with van der Waals surface area (Å²) in [4.78, 5) is 12.6. The molecule has 1 amide bonds. The highest BCUT2D eigenvalue weighted by Gasteiger charge is 2.26. The molecule has 0 saturated carbocycles. The van der Waals surface area contributed by atoms with Gasteiger partial charge in [-0.2, -0.15) is 0 Å². The van der Waals surface area contributed by atoms with Crippen LogP contribution in [0.4, 0.5) is 0 Å². The second-order valence-corrected chi connectivity index (χ2v) is 7.14. The predicted molar refractivity (Wildman–Crippen MR) is 96.3 cm³/mol. The molecule has 1 aromatic heterocycles. The number of hydrogen-bond acceptors (Lipinski definition) is 1. The average molecular weight is 310 g/mol. The van der Waals surface area contributed by atoms with Gasteiger partial charge in [-0.15, -0.1) is 0 Å². The summed E-state index contributed by atoms with van der Waals surface area (Å²) >= 11 is 0. The zero-order valence-electron chi connectivity index (χ0n) is 14.7. The van der Waals surface area contributed by atoms with Gasteiger partial charge >= 0.3 is 0 Å². The Bertz CT molecular complexity index is 793. The number of nitrogens with zero attached hydrogens (tertiary/aromatic N) is 1. The highest BCUT2D eigenvalue weighted by Crippen LogP contribution is 2.35. The van der Waals surface area contributed by atoms with E-state index in [1.807, 2.05) is 0 Å². The number of fused-ring (bicyclic) bond motifs is 3. The zero-order chi connectivity index (χ0) is 16.7. The monoisotopic (exact) mass is 310 g/mol. The van der Waals surface area contributed by atoms with E-state index < -0.39 is 0 Å². The third-order valence-corrected chi connectivity index (χ3v) is 4.64. The van der Waals surface area contributed by atoms with Crippen LogP contribution in [-0.4, -0.2) is 17.0 Å². The fourth-order valence-corrected chi connectivity index (χ4v) is 3.67. The molecule has 2 heterocycles. The van der Waals surface area contributed by atoms with E-state index >= 15 is 0 Å². The van der Waals surface area contributed by atoms with Gasteiger partial charge in [0.2, 0.25) is 5.91 Å². The van der Waals surface area contributed by atoms with Crippen LogP contribution in [0.25, 0.3) is 16.5 Å². The number of aromatic nitrogens is 1. The second-order valence-electron chi connectivity index (χ2n) is 7.14. The second kappa shape index (κ2) is 5.88. The van der Waals surface area contributed by atoms with Crippen molar-refractivity contribution in [2.45, 2.75) is 41.2 Å². The van der Waals surface area contributed by atoms with Gasteiger partial charge in [-0.05, 0) is 42.5 Å². The van der Waals surface area contributed by atoms with E-state index in [0.29, 0.717) is 12.5 Å². The molecule has 3 rings (SSSR count). The van der Waals surface area contributed by atoms with Gasteiger partial charge in [0.25, 0.3) is 0 Å². The smallest absolute Gasteiger partial charge is 0.247 e. The molecule has 0 spiro atoms. The van der Waals surface area contributed by atoms with Crippen molar-refractivity contribution in [1.29, 1.82) is 0 Å². The van der Waals surface area contributed by atoms with Crippen LogP contribution in [0.2, 0.25) is 0 Å². The minimum Gasteiger partial charge on any atom is -0.351 e. The predicted octanol–water partition coefficient (Wildman–Crippen LogP) is 4.15. The number of amides is 1. The molecule has 2 aromatic rings. The van der Waals surface area contributed by atoms with Gasteiger partial charge in [0, 0.05) is 35.3 Å². The van der Waals surface area contributed by atoms with Crippen molar-refractivity contribution in [3.63, 3.8) is 0 Å². The molecule has 1 N–H and O–H groups in total. The summed E-state index contributed by atoms with van der Waals surface area (Å²) in [5, 5.41) is 4.35. The molecule has 0 atom stereocenters. The van der Waals surface area contributed by atoms with Crippen LogP contribution in [0.15, 0.2) is 29.8 Å². The molecule has 1 aliphatic heterocycles. The molecular formula is C20H26N2O. The Morgan fingerprint density at radius 2 is 1.74 bits per heavy atom. The van der Waals surface area contributed by atoms with Gasteiger partial charge in [-0.1, -0.05) is 39.3 Å². The molecule has 3 heteroatoms. The molecule has 3 nitrogen and oxygen atoms in total. The Kier molecular flexibility index (Phi) is 4.05. The molecule has 1 aliphatic rings. The van der Waals surface area contributed by atoms with Crippen LogP contribution in [0.1, 0.15) is 39.0 Å². The topological polar surface area (TPSA) is 34.0 Å². The van der Waals surface area contributed by atoms with Crippen molar-refractivity contribution in [2.24, 2.45) is 11.8 Å². The van der Waals surface area contributed by atoms with Gasteiger partial charge in [-0.3, -0.25) is 4.79 Å². The first-order chi connectivity index (χ1) is 10.9. The normalized spacial score (nSPS) is 19.0. The summed E-state index contributed by atoms with van der Waals surface area (Å²) in [6, 6.07) is 8.85. The van der Waals surface area contributed by atoms with E-state index in [0.717, 1.165) is 12.1 Å². The number of hydrogen-bond donors (Lipinski definition) is 1. The van der Waals surface area contributed by atoms with E-state index in [1.165, 1.54) is 27.7 Å². The summed E-state index contributed by atoms with van der Waals surface area (Å²) in [5.41, 5.74) is 5.85. The Morgan fingerprint density at radius 3 is 2.39 bits per heavy atom. The lowest BCUT2D eigenvalue weighted by atomic mass is 9.87. The van der Waals surface area contributed by atoms with Crippen molar-refractivity contribution in [3.8, 4) is 0 Å². The van der Waals surface area contributed by atoms with Crippen molar-refractivity contribution >= 4 is 22.4 Å². The molecule has 0 saturated heterocycles. The number of allylic oxidation sites excluding steroid dienone is 1. The quantitative estimate of drug-likeness (QED) is 0.888. The van der Waals surface area contributed by atoms with Crippen LogP contribution in [0.3, 0.4) is 0 Å². The molecule has 23 heavy (non-hydrogen) atoms. The minimum atomic E-state index is 0.0939. The third-order valence-electron chi connectivity index (χ3n) is 4.64. The lowest BCUT2D eigenvalue weighted by molar-refractivity contribution is -0.117. The number of benzene rings is 1. The van der Waals surface area contributed by atoms with E-state index in [-0.39, 0.29) is 11.8 Å². The summed E-state index contributed by atoms with van der Waals surface area (Å²) in [5.74, 6) is 0.607. The van der Waals surface area contributed by atoms with Gasteiger partial charge in [0.05, 0.1) is 0 Å². The maximum Gasteiger partial charge on any atom is 0.247 e. The number of rotatable bonds is 2. The molecular weight excluding hydrogens is 284 g/mol. The first-order valence-electron chi connectivity index (χ1n) is 8.52. The minimum absolute atomic E-state index is 0.0939. The maximum absolute atomic E-state index is 12.6. The van der Waals surface area contributed by atoms with Crippen molar-refractivity contribution in [2.75, 3.05) is 6.54 Å². The molecule has 0 bridgehead atoms. The standard InChI is InChI=1S/C20H26N2O/c1-12(2)18-17-11-15-10-14(5)6-7-16(15)22(17)9-8-21-20(23)19(18)13(3)4/h6-7,10-13H,8-9H2,1-5H3,(H,21,23)/b19-18-. The summed E-state index contributed by atoms with van der Waals surface area (Å²) < 4.78 is 2.37. The summed E-state index contributed by atoms with van der Waals surface area (Å²) in [7, 11) is 0. The Hall–Kier alpha value is -2.03. The van der Waals surface area contributed by atoms with Crippen molar-refractivity contribution in [3.05, 3.63) is 41.1 Å². The van der Waals surface area contributed by atoms with Gasteiger partial charge in [-0.25, -0.2) is 0 Å². The first kappa shape index (κ1) is 15.9. The molecule has 1 aromatic carbocycles. The highest BCUT2D eigenvalue weighted by atomic mass is 16.1. The Balaban J connectivity index is 2.37. The molecule has 0 unspecified atom stereocenters. The highest BCUT2D eigenvalue weighted by molar-refractivity contribution is 6.03. The lowest BCUT2D eigenvalue weighted by Crippen LogP contribution is -2.33. The van der Waals surface area contributed by atoms with Crippen LogP contribution >= 0.6 is 0 Å². The number of nitrogens with one attached hydrogen (secondary N) is 1. The first-order valence-corrected chi connectivity index (χ1v) is 8.52. The summed E-state index contributed by atoms with van der Waals surface area (Å²) in [6.07, 6.45) is 0. The van der Waals surface area contributed by atoms with Crippen LogP contribution in [0, 0.1) is 18.8 Å². The van der Waals surface area contributed by atoms with Crippen molar-refractivity contribution < 1.29 is 4.79 Å². The fourth-order valence-electron chi connectivity index (χ4n) is 3.67. The largest absolute Gasteiger partial charge is 0.351 e. The third kappa shape index (κ3) is 2.69. The van der Waals surface area contributed by atoms with Gasteiger partial charge in [0.1, 0.15) is 0 Å². The average Bonchev–Trinajstić information content (AvgIpc) is 2.78. The molecule has 122 valence electrons. The van der Waals surface area contributed by atoms with Crippen LogP contribution in [0.5, 0.6) is 0 Å². The number of carbonyl (C=O) groups excluding carboxylic acids is 1. The zero-order valence-corrected chi connectivity index (χ0v) is 14.7. The van der Waals surface area contributed by atoms with Crippen molar-refractivity contribution in [1.82, 2.24) is 9.88 Å². The van der Waals surface area contributed by atoms with Gasteiger partial charge in [0.15, 0.2) is 0 Å². The summed E-state index contributed by atoms with van der Waals surface area (Å²) in [6.45, 7) is 12.2. The molecule has 0 radical (unpaired) electrons. The molecule has 0 fully saturated rings. The van der Waals surface area contributed by atoms with E-state index in [4.69, 9.17) is 0 Å². The van der Waals surface area contributed by atoms with Crippen LogP contribution in [-0.2, 0) is 11.3 Å². The van der Waals surface area contributed by atoms with E-state index in [2.05, 4.69) is 68.8 Å². The SMILES string of the molecule is Cc1ccc2c(c1)cc1n2CCNC(=O)/C(C(C)C)=C\1C(C)C. The number of aryl methyl sites for hydroxylation is 1. The van der Waals surface area contributed by atoms with Crippen LogP contribution < -0.4 is 5.32 Å². The lowest BCUT2D eigenvalue weighted by Gasteiger charge is -2.25.